The first-order valence-corrected chi connectivity index (χ1v) is 11.2. The molecule has 5 nitrogen and oxygen atoms in total. The van der Waals surface area contributed by atoms with E-state index in [0.29, 0.717) is 31.2 Å². The summed E-state index contributed by atoms with van der Waals surface area (Å²) in [5, 5.41) is 2.98. The third kappa shape index (κ3) is 7.74. The van der Waals surface area contributed by atoms with Crippen molar-refractivity contribution in [1.29, 1.82) is 0 Å². The molecular weight excluding hydrogens is 388 g/mol. The molecule has 0 radical (unpaired) electrons. The maximum absolute atomic E-state index is 13.2. The number of hydrogen-bond acceptors (Lipinski definition) is 3. The standard InChI is InChI=1S/C26H36N2O3/c1-6-21-12-14-23(15-13-21)31-18-25(29)28(17-22-10-8-20(5)9-11-22)24(7-2)26(30)27-16-19(3)4/h8-15,19,24H,6-7,16-18H2,1-5H3,(H,27,30)/t24-/m1/s1. The molecule has 2 amide bonds. The van der Waals surface area contributed by atoms with Crippen molar-refractivity contribution in [3.8, 4) is 5.75 Å². The third-order valence-corrected chi connectivity index (χ3v) is 5.24. The summed E-state index contributed by atoms with van der Waals surface area (Å²) >= 11 is 0. The van der Waals surface area contributed by atoms with Gasteiger partial charge in [0.15, 0.2) is 6.61 Å². The van der Waals surface area contributed by atoms with E-state index in [9.17, 15) is 9.59 Å². The Balaban J connectivity index is 2.16. The maximum Gasteiger partial charge on any atom is 0.261 e. The van der Waals surface area contributed by atoms with Crippen LogP contribution in [-0.4, -0.2) is 35.9 Å². The Bertz CT molecular complexity index is 829. The van der Waals surface area contributed by atoms with Crippen molar-refractivity contribution < 1.29 is 14.3 Å². The van der Waals surface area contributed by atoms with Crippen LogP contribution >= 0.6 is 0 Å². The van der Waals surface area contributed by atoms with E-state index < -0.39 is 6.04 Å². The highest BCUT2D eigenvalue weighted by atomic mass is 16.5. The van der Waals surface area contributed by atoms with Gasteiger partial charge in [0.2, 0.25) is 5.91 Å². The zero-order valence-electron chi connectivity index (χ0n) is 19.5. The van der Waals surface area contributed by atoms with Gasteiger partial charge >= 0.3 is 0 Å². The molecule has 1 atom stereocenters. The molecule has 168 valence electrons. The maximum atomic E-state index is 13.2. The van der Waals surface area contributed by atoms with Gasteiger partial charge in [0.25, 0.3) is 5.91 Å². The van der Waals surface area contributed by atoms with Gasteiger partial charge in [-0.1, -0.05) is 69.7 Å². The van der Waals surface area contributed by atoms with E-state index in [1.807, 2.05) is 76.2 Å². The molecule has 0 aliphatic heterocycles. The highest BCUT2D eigenvalue weighted by Crippen LogP contribution is 2.16. The van der Waals surface area contributed by atoms with Crippen LogP contribution in [-0.2, 0) is 22.6 Å². The van der Waals surface area contributed by atoms with Crippen molar-refractivity contribution in [3.63, 3.8) is 0 Å². The first kappa shape index (κ1) is 24.4. The van der Waals surface area contributed by atoms with Crippen molar-refractivity contribution in [2.75, 3.05) is 13.2 Å². The number of ether oxygens (including phenoxy) is 1. The van der Waals surface area contributed by atoms with Crippen LogP contribution in [0.2, 0.25) is 0 Å². The minimum absolute atomic E-state index is 0.106. The number of carbonyl (C=O) groups is 2. The molecule has 31 heavy (non-hydrogen) atoms. The normalized spacial score (nSPS) is 11.8. The van der Waals surface area contributed by atoms with Crippen molar-refractivity contribution in [3.05, 3.63) is 65.2 Å². The largest absolute Gasteiger partial charge is 0.484 e. The van der Waals surface area contributed by atoms with Gasteiger partial charge in [-0.2, -0.15) is 0 Å². The summed E-state index contributed by atoms with van der Waals surface area (Å²) in [5.74, 6) is 0.672. The summed E-state index contributed by atoms with van der Waals surface area (Å²) in [6.45, 7) is 11.0. The molecule has 0 aliphatic rings. The summed E-state index contributed by atoms with van der Waals surface area (Å²) in [4.78, 5) is 27.7. The zero-order chi connectivity index (χ0) is 22.8. The molecule has 0 spiro atoms. The lowest BCUT2D eigenvalue weighted by Crippen LogP contribution is -2.50. The highest BCUT2D eigenvalue weighted by Gasteiger charge is 2.29. The average molecular weight is 425 g/mol. The van der Waals surface area contributed by atoms with Gasteiger partial charge in [-0.3, -0.25) is 9.59 Å². The van der Waals surface area contributed by atoms with Gasteiger partial charge < -0.3 is 15.0 Å². The summed E-state index contributed by atoms with van der Waals surface area (Å²) in [6.07, 6.45) is 1.49. The Morgan fingerprint density at radius 2 is 1.58 bits per heavy atom. The molecule has 2 rings (SSSR count). The predicted molar refractivity (Wildman–Crippen MR) is 125 cm³/mol. The Morgan fingerprint density at radius 1 is 0.968 bits per heavy atom. The number of aryl methyl sites for hydroxylation is 2. The van der Waals surface area contributed by atoms with E-state index in [2.05, 4.69) is 12.2 Å². The van der Waals surface area contributed by atoms with Crippen LogP contribution in [0.5, 0.6) is 5.75 Å². The lowest BCUT2D eigenvalue weighted by atomic mass is 10.1. The molecule has 0 unspecified atom stereocenters. The molecule has 0 saturated carbocycles. The van der Waals surface area contributed by atoms with E-state index in [0.717, 1.165) is 17.5 Å². The quantitative estimate of drug-likeness (QED) is 0.577. The van der Waals surface area contributed by atoms with E-state index in [4.69, 9.17) is 4.74 Å². The second-order valence-electron chi connectivity index (χ2n) is 8.36. The average Bonchev–Trinajstić information content (AvgIpc) is 2.77. The number of nitrogens with one attached hydrogen (secondary N) is 1. The molecule has 5 heteroatoms. The number of rotatable bonds is 11. The molecule has 0 aromatic heterocycles. The summed E-state index contributed by atoms with van der Waals surface area (Å²) in [6, 6.07) is 15.2. The third-order valence-electron chi connectivity index (χ3n) is 5.24. The summed E-state index contributed by atoms with van der Waals surface area (Å²) in [5.41, 5.74) is 3.36. The monoisotopic (exact) mass is 424 g/mol. The van der Waals surface area contributed by atoms with Crippen molar-refractivity contribution in [2.24, 2.45) is 5.92 Å². The summed E-state index contributed by atoms with van der Waals surface area (Å²) < 4.78 is 5.75. The molecule has 0 heterocycles. The number of amides is 2. The Kier molecular flexibility index (Phi) is 9.57. The summed E-state index contributed by atoms with van der Waals surface area (Å²) in [7, 11) is 0. The van der Waals surface area contributed by atoms with E-state index in [-0.39, 0.29) is 18.4 Å². The van der Waals surface area contributed by atoms with Gasteiger partial charge in [0.1, 0.15) is 11.8 Å². The number of carbonyl (C=O) groups excluding carboxylic acids is 2. The fraction of sp³-hybridized carbons (Fsp3) is 0.462. The first-order valence-electron chi connectivity index (χ1n) is 11.2. The lowest BCUT2D eigenvalue weighted by molar-refractivity contribution is -0.143. The van der Waals surface area contributed by atoms with E-state index >= 15 is 0 Å². The molecule has 0 bridgehead atoms. The smallest absolute Gasteiger partial charge is 0.261 e. The second-order valence-corrected chi connectivity index (χ2v) is 8.36. The van der Waals surface area contributed by atoms with Crippen LogP contribution in [0.15, 0.2) is 48.5 Å². The van der Waals surface area contributed by atoms with Crippen molar-refractivity contribution >= 4 is 11.8 Å². The van der Waals surface area contributed by atoms with Crippen LogP contribution in [0.25, 0.3) is 0 Å². The minimum atomic E-state index is -0.543. The van der Waals surface area contributed by atoms with Gasteiger partial charge in [0, 0.05) is 13.1 Å². The van der Waals surface area contributed by atoms with Crippen molar-refractivity contribution in [1.82, 2.24) is 10.2 Å². The Labute approximate surface area is 186 Å². The van der Waals surface area contributed by atoms with Crippen molar-refractivity contribution in [2.45, 2.75) is 60.0 Å². The van der Waals surface area contributed by atoms with Gasteiger partial charge in [0.05, 0.1) is 0 Å². The second kappa shape index (κ2) is 12.1. The number of hydrogen-bond donors (Lipinski definition) is 1. The molecule has 2 aromatic carbocycles. The molecule has 0 saturated heterocycles. The Morgan fingerprint density at radius 3 is 2.13 bits per heavy atom. The number of benzene rings is 2. The Hall–Kier alpha value is -2.82. The van der Waals surface area contributed by atoms with Crippen LogP contribution in [0.3, 0.4) is 0 Å². The predicted octanol–water partition coefficient (Wildman–Crippen LogP) is 4.52. The van der Waals surface area contributed by atoms with E-state index in [1.54, 1.807) is 4.90 Å². The van der Waals surface area contributed by atoms with E-state index in [1.165, 1.54) is 5.56 Å². The first-order chi connectivity index (χ1) is 14.8. The SMILES string of the molecule is CCc1ccc(OCC(=O)N(Cc2ccc(C)cc2)[C@H](CC)C(=O)NCC(C)C)cc1. The highest BCUT2D eigenvalue weighted by molar-refractivity contribution is 5.88. The molecular formula is C26H36N2O3. The van der Waals surface area contributed by atoms with Crippen LogP contribution < -0.4 is 10.1 Å². The lowest BCUT2D eigenvalue weighted by Gasteiger charge is -2.31. The molecule has 2 aromatic rings. The van der Waals surface area contributed by atoms with Crippen LogP contribution in [0, 0.1) is 12.8 Å². The topological polar surface area (TPSA) is 58.6 Å². The number of nitrogens with zero attached hydrogens (tertiary/aromatic N) is 1. The van der Waals surface area contributed by atoms with Gasteiger partial charge in [-0.05, 0) is 48.9 Å². The van der Waals surface area contributed by atoms with Crippen LogP contribution in [0.4, 0.5) is 0 Å². The fourth-order valence-electron chi connectivity index (χ4n) is 3.28. The fourth-order valence-corrected chi connectivity index (χ4v) is 3.28. The van der Waals surface area contributed by atoms with Gasteiger partial charge in [-0.15, -0.1) is 0 Å². The minimum Gasteiger partial charge on any atom is -0.484 e. The molecule has 1 N–H and O–H groups in total. The van der Waals surface area contributed by atoms with Gasteiger partial charge in [-0.25, -0.2) is 0 Å². The molecule has 0 aliphatic carbocycles. The molecule has 0 fully saturated rings. The zero-order valence-corrected chi connectivity index (χ0v) is 19.5. The van der Waals surface area contributed by atoms with Crippen LogP contribution in [0.1, 0.15) is 50.8 Å².